The van der Waals surface area contributed by atoms with Crippen LogP contribution in [0.1, 0.15) is 38.2 Å². The van der Waals surface area contributed by atoms with Crippen LogP contribution in [0, 0.1) is 0 Å². The van der Waals surface area contributed by atoms with E-state index in [0.29, 0.717) is 12.0 Å². The van der Waals surface area contributed by atoms with Crippen molar-refractivity contribution in [2.75, 3.05) is 20.1 Å². The third-order valence-corrected chi connectivity index (χ3v) is 4.71. The SMILES string of the molecule is CC(C)c1cccc(-c2ccc(OC3CCN(C)CC3)cc2)c1. The normalized spacial score (nSPS) is 16.7. The van der Waals surface area contributed by atoms with Crippen LogP contribution in [0.4, 0.5) is 0 Å². The Labute approximate surface area is 140 Å². The summed E-state index contributed by atoms with van der Waals surface area (Å²) in [5.74, 6) is 1.55. The van der Waals surface area contributed by atoms with Crippen LogP contribution in [0.3, 0.4) is 0 Å². The van der Waals surface area contributed by atoms with Gasteiger partial charge in [-0.2, -0.15) is 0 Å². The first-order valence-electron chi connectivity index (χ1n) is 8.67. The molecule has 0 unspecified atom stereocenters. The van der Waals surface area contributed by atoms with E-state index in [9.17, 15) is 0 Å². The second kappa shape index (κ2) is 7.18. The molecular formula is C21H27NO. The molecule has 0 bridgehead atoms. The van der Waals surface area contributed by atoms with Crippen molar-refractivity contribution in [2.24, 2.45) is 0 Å². The quantitative estimate of drug-likeness (QED) is 0.792. The Hall–Kier alpha value is -1.80. The molecule has 23 heavy (non-hydrogen) atoms. The minimum atomic E-state index is 0.362. The first kappa shape index (κ1) is 16.1. The maximum Gasteiger partial charge on any atom is 0.119 e. The van der Waals surface area contributed by atoms with E-state index in [-0.39, 0.29) is 0 Å². The predicted octanol–water partition coefficient (Wildman–Crippen LogP) is 4.95. The molecule has 0 N–H and O–H groups in total. The van der Waals surface area contributed by atoms with E-state index in [4.69, 9.17) is 4.74 Å². The summed E-state index contributed by atoms with van der Waals surface area (Å²) in [4.78, 5) is 2.37. The molecule has 2 nitrogen and oxygen atoms in total. The van der Waals surface area contributed by atoms with Crippen LogP contribution in [0.15, 0.2) is 48.5 Å². The molecule has 3 rings (SSSR count). The average Bonchev–Trinajstić information content (AvgIpc) is 2.58. The van der Waals surface area contributed by atoms with Gasteiger partial charge >= 0.3 is 0 Å². The Morgan fingerprint density at radius 1 is 0.957 bits per heavy atom. The maximum atomic E-state index is 6.13. The maximum absolute atomic E-state index is 6.13. The molecule has 1 aliphatic rings. The summed E-state index contributed by atoms with van der Waals surface area (Å²) >= 11 is 0. The number of hydrogen-bond donors (Lipinski definition) is 0. The molecule has 1 aliphatic heterocycles. The molecule has 2 aromatic carbocycles. The van der Waals surface area contributed by atoms with E-state index in [0.717, 1.165) is 31.7 Å². The highest BCUT2D eigenvalue weighted by molar-refractivity contribution is 5.65. The first-order chi connectivity index (χ1) is 11.1. The fraction of sp³-hybridized carbons (Fsp3) is 0.429. The molecule has 0 aromatic heterocycles. The van der Waals surface area contributed by atoms with Crippen LogP contribution in [0.5, 0.6) is 5.75 Å². The monoisotopic (exact) mass is 309 g/mol. The Kier molecular flexibility index (Phi) is 5.02. The Balaban J connectivity index is 1.68. The lowest BCUT2D eigenvalue weighted by Gasteiger charge is -2.29. The van der Waals surface area contributed by atoms with Crippen molar-refractivity contribution in [3.8, 4) is 16.9 Å². The average molecular weight is 309 g/mol. The van der Waals surface area contributed by atoms with Crippen LogP contribution in [-0.2, 0) is 0 Å². The third-order valence-electron chi connectivity index (χ3n) is 4.71. The minimum Gasteiger partial charge on any atom is -0.490 e. The van der Waals surface area contributed by atoms with Gasteiger partial charge in [-0.25, -0.2) is 0 Å². The number of piperidine rings is 1. The first-order valence-corrected chi connectivity index (χ1v) is 8.67. The van der Waals surface area contributed by atoms with Gasteiger partial charge in [0.05, 0.1) is 0 Å². The van der Waals surface area contributed by atoms with Crippen molar-refractivity contribution in [1.82, 2.24) is 4.90 Å². The summed E-state index contributed by atoms with van der Waals surface area (Å²) in [6.45, 7) is 6.73. The molecule has 1 saturated heterocycles. The summed E-state index contributed by atoms with van der Waals surface area (Å²) in [5.41, 5.74) is 3.92. The lowest BCUT2D eigenvalue weighted by molar-refractivity contribution is 0.114. The molecule has 1 heterocycles. The van der Waals surface area contributed by atoms with Gasteiger partial charge in [0.25, 0.3) is 0 Å². The predicted molar refractivity (Wildman–Crippen MR) is 97.1 cm³/mol. The van der Waals surface area contributed by atoms with Gasteiger partial charge in [-0.05, 0) is 54.6 Å². The van der Waals surface area contributed by atoms with Crippen molar-refractivity contribution in [1.29, 1.82) is 0 Å². The van der Waals surface area contributed by atoms with E-state index in [1.54, 1.807) is 0 Å². The zero-order valence-electron chi connectivity index (χ0n) is 14.5. The van der Waals surface area contributed by atoms with Crippen LogP contribution in [0.25, 0.3) is 11.1 Å². The second-order valence-electron chi connectivity index (χ2n) is 6.93. The van der Waals surface area contributed by atoms with Gasteiger partial charge in [-0.15, -0.1) is 0 Å². The zero-order valence-corrected chi connectivity index (χ0v) is 14.5. The summed E-state index contributed by atoms with van der Waals surface area (Å²) in [6.07, 6.45) is 2.60. The molecule has 2 heteroatoms. The van der Waals surface area contributed by atoms with Crippen molar-refractivity contribution >= 4 is 0 Å². The molecule has 0 aliphatic carbocycles. The smallest absolute Gasteiger partial charge is 0.119 e. The molecular weight excluding hydrogens is 282 g/mol. The zero-order chi connectivity index (χ0) is 16.2. The van der Waals surface area contributed by atoms with E-state index in [2.05, 4.69) is 74.3 Å². The van der Waals surface area contributed by atoms with Gasteiger partial charge in [0.15, 0.2) is 0 Å². The topological polar surface area (TPSA) is 12.5 Å². The van der Waals surface area contributed by atoms with Gasteiger partial charge < -0.3 is 9.64 Å². The molecule has 0 amide bonds. The number of benzene rings is 2. The summed E-state index contributed by atoms with van der Waals surface area (Å²) in [6, 6.07) is 17.4. The second-order valence-corrected chi connectivity index (χ2v) is 6.93. The Morgan fingerprint density at radius 3 is 2.30 bits per heavy atom. The van der Waals surface area contributed by atoms with Gasteiger partial charge in [-0.3, -0.25) is 0 Å². The van der Waals surface area contributed by atoms with E-state index in [1.807, 2.05) is 0 Å². The van der Waals surface area contributed by atoms with E-state index in [1.165, 1.54) is 16.7 Å². The number of ether oxygens (including phenoxy) is 1. The lowest BCUT2D eigenvalue weighted by Crippen LogP contribution is -2.35. The third kappa shape index (κ3) is 4.14. The molecule has 0 saturated carbocycles. The molecule has 2 aromatic rings. The van der Waals surface area contributed by atoms with Gasteiger partial charge in [0.2, 0.25) is 0 Å². The molecule has 122 valence electrons. The largest absolute Gasteiger partial charge is 0.490 e. The summed E-state index contributed by atoms with van der Waals surface area (Å²) < 4.78 is 6.13. The number of nitrogens with zero attached hydrogens (tertiary/aromatic N) is 1. The number of hydrogen-bond acceptors (Lipinski definition) is 2. The molecule has 0 radical (unpaired) electrons. The summed E-state index contributed by atoms with van der Waals surface area (Å²) in [5, 5.41) is 0. The van der Waals surface area contributed by atoms with Crippen LogP contribution in [-0.4, -0.2) is 31.1 Å². The Bertz CT molecular complexity index is 625. The van der Waals surface area contributed by atoms with Crippen molar-refractivity contribution in [3.05, 3.63) is 54.1 Å². The van der Waals surface area contributed by atoms with Crippen LogP contribution in [0.2, 0.25) is 0 Å². The molecule has 0 spiro atoms. The number of likely N-dealkylation sites (tertiary alicyclic amines) is 1. The fourth-order valence-electron chi connectivity index (χ4n) is 3.10. The Morgan fingerprint density at radius 2 is 1.65 bits per heavy atom. The van der Waals surface area contributed by atoms with Crippen LogP contribution < -0.4 is 4.74 Å². The van der Waals surface area contributed by atoms with Crippen LogP contribution >= 0.6 is 0 Å². The number of rotatable bonds is 4. The standard InChI is InChI=1S/C21H27NO/c1-16(2)18-5-4-6-19(15-18)17-7-9-20(10-8-17)23-21-11-13-22(3)14-12-21/h4-10,15-16,21H,11-14H2,1-3H3. The molecule has 1 fully saturated rings. The molecule has 0 atom stereocenters. The highest BCUT2D eigenvalue weighted by Gasteiger charge is 2.17. The van der Waals surface area contributed by atoms with E-state index < -0.39 is 0 Å². The van der Waals surface area contributed by atoms with Gasteiger partial charge in [-0.1, -0.05) is 50.2 Å². The highest BCUT2D eigenvalue weighted by atomic mass is 16.5. The van der Waals surface area contributed by atoms with E-state index >= 15 is 0 Å². The van der Waals surface area contributed by atoms with Crippen molar-refractivity contribution in [2.45, 2.75) is 38.7 Å². The summed E-state index contributed by atoms with van der Waals surface area (Å²) in [7, 11) is 2.18. The van der Waals surface area contributed by atoms with Crippen molar-refractivity contribution < 1.29 is 4.74 Å². The van der Waals surface area contributed by atoms with Crippen molar-refractivity contribution in [3.63, 3.8) is 0 Å². The van der Waals surface area contributed by atoms with Gasteiger partial charge in [0.1, 0.15) is 11.9 Å². The fourth-order valence-corrected chi connectivity index (χ4v) is 3.10. The van der Waals surface area contributed by atoms with Gasteiger partial charge in [0, 0.05) is 13.1 Å². The highest BCUT2D eigenvalue weighted by Crippen LogP contribution is 2.26. The minimum absolute atomic E-state index is 0.362. The lowest BCUT2D eigenvalue weighted by atomic mass is 9.97.